The van der Waals surface area contributed by atoms with Crippen molar-refractivity contribution in [2.45, 2.75) is 31.2 Å². The van der Waals surface area contributed by atoms with Crippen LogP contribution < -0.4 is 0 Å². The van der Waals surface area contributed by atoms with E-state index in [9.17, 15) is 4.79 Å². The van der Waals surface area contributed by atoms with Gasteiger partial charge < -0.3 is 14.3 Å². The molecule has 1 N–H and O–H groups in total. The molecule has 0 radical (unpaired) electrons. The van der Waals surface area contributed by atoms with Gasteiger partial charge in [-0.25, -0.2) is 4.98 Å². The second-order valence-electron chi connectivity index (χ2n) is 7.59. The number of fused-ring (bicyclic) bond motifs is 2. The van der Waals surface area contributed by atoms with Crippen LogP contribution >= 0.6 is 0 Å². The molecule has 1 saturated carbocycles. The summed E-state index contributed by atoms with van der Waals surface area (Å²) in [6, 6.07) is 9.66. The van der Waals surface area contributed by atoms with Crippen molar-refractivity contribution in [1.82, 2.24) is 30.0 Å². The number of aromatic nitrogens is 5. The Morgan fingerprint density at radius 2 is 2.00 bits per heavy atom. The van der Waals surface area contributed by atoms with Gasteiger partial charge in [-0.05, 0) is 24.3 Å². The number of pyridine rings is 1. The molecule has 0 bridgehead atoms. The molecule has 1 aliphatic carbocycles. The van der Waals surface area contributed by atoms with Gasteiger partial charge in [-0.1, -0.05) is 24.3 Å². The van der Waals surface area contributed by atoms with Gasteiger partial charge in [0, 0.05) is 36.2 Å². The number of imidazole rings is 1. The van der Waals surface area contributed by atoms with Gasteiger partial charge in [0.2, 0.25) is 5.89 Å². The lowest BCUT2D eigenvalue weighted by molar-refractivity contribution is 0.0644. The second-order valence-corrected chi connectivity index (χ2v) is 7.59. The summed E-state index contributed by atoms with van der Waals surface area (Å²) in [5.74, 6) is 0.627. The minimum absolute atomic E-state index is 0.0386. The van der Waals surface area contributed by atoms with Crippen LogP contribution in [0.3, 0.4) is 0 Å². The normalized spacial score (nSPS) is 18.8. The minimum Gasteiger partial charge on any atom is -0.417 e. The van der Waals surface area contributed by atoms with Gasteiger partial charge in [0.25, 0.3) is 0 Å². The van der Waals surface area contributed by atoms with Crippen molar-refractivity contribution in [3.63, 3.8) is 0 Å². The number of hydrogen-bond donors (Lipinski definition) is 1. The zero-order valence-electron chi connectivity index (χ0n) is 15.6. The summed E-state index contributed by atoms with van der Waals surface area (Å²) in [7, 11) is 0. The van der Waals surface area contributed by atoms with E-state index in [1.165, 1.54) is 0 Å². The fraction of sp³-hybridized carbons (Fsp3) is 0.286. The summed E-state index contributed by atoms with van der Waals surface area (Å²) in [5.41, 5.74) is 2.61. The van der Waals surface area contributed by atoms with Crippen molar-refractivity contribution in [2.24, 2.45) is 0 Å². The van der Waals surface area contributed by atoms with Gasteiger partial charge in [-0.3, -0.25) is 9.78 Å². The molecule has 0 saturated heterocycles. The molecule has 0 unspecified atom stereocenters. The summed E-state index contributed by atoms with van der Waals surface area (Å²) in [6.07, 6.45) is 6.28. The molecule has 1 fully saturated rings. The number of aromatic amines is 1. The second kappa shape index (κ2) is 6.23. The number of carbonyl (C=O) groups is 1. The van der Waals surface area contributed by atoms with Crippen molar-refractivity contribution in [3.8, 4) is 0 Å². The Hall–Kier alpha value is -3.55. The van der Waals surface area contributed by atoms with E-state index in [-0.39, 0.29) is 11.8 Å². The third-order valence-corrected chi connectivity index (χ3v) is 5.67. The topological polar surface area (TPSA) is 101 Å². The van der Waals surface area contributed by atoms with Crippen LogP contribution in [0.5, 0.6) is 0 Å². The Kier molecular flexibility index (Phi) is 3.53. The zero-order valence-corrected chi connectivity index (χ0v) is 15.6. The molecule has 8 heteroatoms. The highest BCUT2D eigenvalue weighted by Gasteiger charge is 2.38. The van der Waals surface area contributed by atoms with E-state index < -0.39 is 6.04 Å². The highest BCUT2D eigenvalue weighted by atomic mass is 16.4. The SMILES string of the molecule is O=C(c1nnc(C2CC2)o1)N1CCc2[nH]cnc2[C@@H]1c1cc2ccccc2cn1. The first-order valence-corrected chi connectivity index (χ1v) is 9.79. The number of benzene rings is 1. The van der Waals surface area contributed by atoms with Crippen LogP contribution in [-0.2, 0) is 6.42 Å². The summed E-state index contributed by atoms with van der Waals surface area (Å²) in [4.78, 5) is 27.4. The molecule has 29 heavy (non-hydrogen) atoms. The number of hydrogen-bond acceptors (Lipinski definition) is 6. The van der Waals surface area contributed by atoms with Crippen LogP contribution in [0.4, 0.5) is 0 Å². The molecule has 6 rings (SSSR count). The average molecular weight is 386 g/mol. The van der Waals surface area contributed by atoms with Gasteiger partial charge in [-0.15, -0.1) is 10.2 Å². The van der Waals surface area contributed by atoms with Crippen LogP contribution in [0.1, 0.15) is 58.5 Å². The molecule has 3 aromatic heterocycles. The lowest BCUT2D eigenvalue weighted by Crippen LogP contribution is -2.41. The maximum Gasteiger partial charge on any atom is 0.312 e. The number of nitrogens with zero attached hydrogens (tertiary/aromatic N) is 5. The van der Waals surface area contributed by atoms with E-state index in [0.29, 0.717) is 24.8 Å². The average Bonchev–Trinajstić information content (AvgIpc) is 3.29. The number of H-pyrrole nitrogens is 1. The molecule has 1 amide bonds. The van der Waals surface area contributed by atoms with Crippen molar-refractivity contribution >= 4 is 16.7 Å². The first-order chi connectivity index (χ1) is 14.3. The summed E-state index contributed by atoms with van der Waals surface area (Å²) in [6.45, 7) is 0.522. The molecular formula is C21H18N6O2. The zero-order chi connectivity index (χ0) is 19.4. The summed E-state index contributed by atoms with van der Waals surface area (Å²) < 4.78 is 5.68. The van der Waals surface area contributed by atoms with Crippen LogP contribution in [-0.4, -0.2) is 42.5 Å². The largest absolute Gasteiger partial charge is 0.417 e. The third-order valence-electron chi connectivity index (χ3n) is 5.67. The molecule has 1 atom stereocenters. The van der Waals surface area contributed by atoms with E-state index in [2.05, 4.69) is 25.1 Å². The Balaban J connectivity index is 1.43. The first kappa shape index (κ1) is 16.4. The number of nitrogens with one attached hydrogen (secondary N) is 1. The fourth-order valence-electron chi connectivity index (χ4n) is 3.98. The van der Waals surface area contributed by atoms with Crippen LogP contribution in [0.2, 0.25) is 0 Å². The van der Waals surface area contributed by atoms with Gasteiger partial charge in [0.1, 0.15) is 6.04 Å². The molecule has 2 aliphatic rings. The standard InChI is InChI=1S/C21H18N6O2/c28-21(20-26-25-19(29-20)12-5-6-12)27-8-7-15-17(24-11-23-15)18(27)16-9-13-3-1-2-4-14(13)10-22-16/h1-4,9-12,18H,5-8H2,(H,23,24)/t18-/m0/s1. The molecule has 4 aromatic rings. The molecule has 144 valence electrons. The monoisotopic (exact) mass is 386 g/mol. The number of rotatable bonds is 3. The van der Waals surface area contributed by atoms with E-state index in [1.54, 1.807) is 11.2 Å². The fourth-order valence-corrected chi connectivity index (χ4v) is 3.98. The summed E-state index contributed by atoms with van der Waals surface area (Å²) in [5, 5.41) is 10.2. The van der Waals surface area contributed by atoms with Crippen molar-refractivity contribution in [1.29, 1.82) is 0 Å². The number of carbonyl (C=O) groups excluding carboxylic acids is 1. The Labute approximate surface area is 166 Å². The smallest absolute Gasteiger partial charge is 0.312 e. The van der Waals surface area contributed by atoms with Gasteiger partial charge in [0.05, 0.1) is 17.7 Å². The molecule has 1 aliphatic heterocycles. The van der Waals surface area contributed by atoms with Gasteiger partial charge in [0.15, 0.2) is 0 Å². The quantitative estimate of drug-likeness (QED) is 0.581. The van der Waals surface area contributed by atoms with Gasteiger partial charge >= 0.3 is 11.8 Å². The minimum atomic E-state index is -0.404. The van der Waals surface area contributed by atoms with E-state index >= 15 is 0 Å². The lowest BCUT2D eigenvalue weighted by Gasteiger charge is -2.33. The third kappa shape index (κ3) is 2.71. The highest BCUT2D eigenvalue weighted by molar-refractivity contribution is 5.90. The van der Waals surface area contributed by atoms with E-state index in [1.807, 2.05) is 36.5 Å². The van der Waals surface area contributed by atoms with Crippen molar-refractivity contribution in [2.75, 3.05) is 6.54 Å². The number of amides is 1. The Morgan fingerprint density at radius 3 is 2.86 bits per heavy atom. The molecule has 0 spiro atoms. The molecule has 4 heterocycles. The van der Waals surface area contributed by atoms with Crippen LogP contribution in [0, 0.1) is 0 Å². The maximum absolute atomic E-state index is 13.3. The van der Waals surface area contributed by atoms with Crippen LogP contribution in [0.15, 0.2) is 47.3 Å². The highest BCUT2D eigenvalue weighted by Crippen LogP contribution is 2.39. The Morgan fingerprint density at radius 1 is 1.14 bits per heavy atom. The first-order valence-electron chi connectivity index (χ1n) is 9.79. The predicted octanol–water partition coefficient (Wildman–Crippen LogP) is 3.01. The molecular weight excluding hydrogens is 368 g/mol. The van der Waals surface area contributed by atoms with Crippen molar-refractivity contribution < 1.29 is 9.21 Å². The molecule has 8 nitrogen and oxygen atoms in total. The Bertz CT molecular complexity index is 1220. The van der Waals surface area contributed by atoms with Gasteiger partial charge in [-0.2, -0.15) is 0 Å². The van der Waals surface area contributed by atoms with Crippen molar-refractivity contribution in [3.05, 3.63) is 71.7 Å². The lowest BCUT2D eigenvalue weighted by atomic mass is 9.98. The predicted molar refractivity (Wildman–Crippen MR) is 103 cm³/mol. The maximum atomic E-state index is 13.3. The van der Waals surface area contributed by atoms with E-state index in [4.69, 9.17) is 4.42 Å². The molecule has 1 aromatic carbocycles. The van der Waals surface area contributed by atoms with Crippen LogP contribution in [0.25, 0.3) is 10.8 Å². The summed E-state index contributed by atoms with van der Waals surface area (Å²) >= 11 is 0. The van der Waals surface area contributed by atoms with E-state index in [0.717, 1.165) is 40.7 Å².